The highest BCUT2D eigenvalue weighted by atomic mass is 32.1. The van der Waals surface area contributed by atoms with E-state index < -0.39 is 23.7 Å². The molecular weight excluding hydrogens is 349 g/mol. The van der Waals surface area contributed by atoms with Gasteiger partial charge in [0.2, 0.25) is 0 Å². The van der Waals surface area contributed by atoms with Gasteiger partial charge in [-0.05, 0) is 37.1 Å². The van der Waals surface area contributed by atoms with Gasteiger partial charge in [0, 0.05) is 11.3 Å². The molecule has 0 radical (unpaired) electrons. The van der Waals surface area contributed by atoms with Gasteiger partial charge in [-0.1, -0.05) is 11.3 Å². The number of thiophene rings is 1. The number of aromatic hydroxyl groups is 1. The van der Waals surface area contributed by atoms with Crippen LogP contribution in [-0.2, 0) is 9.53 Å². The molecule has 1 aliphatic heterocycles. The minimum atomic E-state index is -1.11. The zero-order valence-corrected chi connectivity index (χ0v) is 14.4. The predicted molar refractivity (Wildman–Crippen MR) is 88.7 cm³/mol. The number of ether oxygens (including phenoxy) is 1. The molecule has 0 bridgehead atoms. The standard InChI is InChI=1S/C17H16FNO5S/c1-8-9(7-13(20)21)15-10(3-4-11(24-2)16(15)18)19(8)17(23)12-5-6-14(22)25-12/h4-6,10,22H,3,7H2,1-2H3,(H,20,21). The van der Waals surface area contributed by atoms with Gasteiger partial charge in [-0.3, -0.25) is 9.59 Å². The molecule has 3 rings (SSSR count). The number of halogens is 1. The van der Waals surface area contributed by atoms with Gasteiger partial charge in [-0.2, -0.15) is 0 Å². The topological polar surface area (TPSA) is 87.1 Å². The van der Waals surface area contributed by atoms with E-state index in [1.54, 1.807) is 13.0 Å². The molecule has 1 aliphatic carbocycles. The van der Waals surface area contributed by atoms with Crippen LogP contribution in [0.2, 0.25) is 0 Å². The number of carboxylic acids is 1. The van der Waals surface area contributed by atoms with Crippen molar-refractivity contribution in [3.63, 3.8) is 0 Å². The summed E-state index contributed by atoms with van der Waals surface area (Å²) in [6.45, 7) is 1.61. The van der Waals surface area contributed by atoms with E-state index in [-0.39, 0.29) is 28.4 Å². The molecule has 6 nitrogen and oxygen atoms in total. The summed E-state index contributed by atoms with van der Waals surface area (Å²) < 4.78 is 19.8. The van der Waals surface area contributed by atoms with E-state index in [1.165, 1.54) is 24.1 Å². The summed E-state index contributed by atoms with van der Waals surface area (Å²) in [5, 5.41) is 18.7. The van der Waals surface area contributed by atoms with Gasteiger partial charge in [0.25, 0.3) is 5.91 Å². The van der Waals surface area contributed by atoms with Crippen molar-refractivity contribution in [2.75, 3.05) is 7.11 Å². The number of carbonyl (C=O) groups is 2. The Labute approximate surface area is 147 Å². The lowest BCUT2D eigenvalue weighted by molar-refractivity contribution is -0.136. The minimum absolute atomic E-state index is 0.00194. The monoisotopic (exact) mass is 365 g/mol. The van der Waals surface area contributed by atoms with Crippen LogP contribution in [0.25, 0.3) is 0 Å². The Morgan fingerprint density at radius 3 is 2.72 bits per heavy atom. The Kier molecular flexibility index (Phi) is 4.38. The number of nitrogens with zero attached hydrogens (tertiary/aromatic N) is 1. The van der Waals surface area contributed by atoms with Gasteiger partial charge in [0.05, 0.1) is 24.4 Å². The first kappa shape index (κ1) is 17.2. The van der Waals surface area contributed by atoms with Gasteiger partial charge >= 0.3 is 5.97 Å². The van der Waals surface area contributed by atoms with E-state index in [1.807, 2.05) is 0 Å². The van der Waals surface area contributed by atoms with Crippen LogP contribution < -0.4 is 0 Å². The number of aliphatic carboxylic acids is 1. The first-order valence-corrected chi connectivity index (χ1v) is 8.35. The summed E-state index contributed by atoms with van der Waals surface area (Å²) >= 11 is 0.921. The third-order valence-electron chi connectivity index (χ3n) is 4.32. The summed E-state index contributed by atoms with van der Waals surface area (Å²) in [4.78, 5) is 25.8. The van der Waals surface area contributed by atoms with Crippen molar-refractivity contribution >= 4 is 23.2 Å². The summed E-state index contributed by atoms with van der Waals surface area (Å²) in [5.74, 6) is -2.10. The zero-order chi connectivity index (χ0) is 18.3. The van der Waals surface area contributed by atoms with Gasteiger partial charge in [0.15, 0.2) is 16.6 Å². The number of hydrogen-bond acceptors (Lipinski definition) is 5. The van der Waals surface area contributed by atoms with E-state index in [4.69, 9.17) is 4.74 Å². The summed E-state index contributed by atoms with van der Waals surface area (Å²) in [6, 6.07) is 2.28. The van der Waals surface area contributed by atoms with Gasteiger partial charge in [0.1, 0.15) is 0 Å². The van der Waals surface area contributed by atoms with E-state index in [0.29, 0.717) is 17.0 Å². The van der Waals surface area contributed by atoms with Crippen LogP contribution in [0.1, 0.15) is 29.4 Å². The molecule has 1 aromatic rings. The summed E-state index contributed by atoms with van der Waals surface area (Å²) in [6.07, 6.45) is 1.48. The molecule has 1 unspecified atom stereocenters. The lowest BCUT2D eigenvalue weighted by Gasteiger charge is -2.28. The van der Waals surface area contributed by atoms with E-state index in [0.717, 1.165) is 11.3 Å². The maximum absolute atomic E-state index is 14.8. The van der Waals surface area contributed by atoms with Crippen molar-refractivity contribution in [2.45, 2.75) is 25.8 Å². The molecular formula is C17H16FNO5S. The fourth-order valence-electron chi connectivity index (χ4n) is 3.25. The lowest BCUT2D eigenvalue weighted by Crippen LogP contribution is -2.36. The van der Waals surface area contributed by atoms with Crippen molar-refractivity contribution in [3.8, 4) is 5.06 Å². The Balaban J connectivity index is 2.09. The number of hydrogen-bond donors (Lipinski definition) is 2. The molecule has 132 valence electrons. The average molecular weight is 365 g/mol. The number of methoxy groups -OCH3 is 1. The van der Waals surface area contributed by atoms with Crippen molar-refractivity contribution in [3.05, 3.63) is 51.5 Å². The smallest absolute Gasteiger partial charge is 0.307 e. The van der Waals surface area contributed by atoms with Crippen LogP contribution >= 0.6 is 11.3 Å². The first-order valence-electron chi connectivity index (χ1n) is 7.53. The van der Waals surface area contributed by atoms with Crippen LogP contribution in [0.5, 0.6) is 5.06 Å². The predicted octanol–water partition coefficient (Wildman–Crippen LogP) is 3.18. The molecule has 0 fully saturated rings. The van der Waals surface area contributed by atoms with Gasteiger partial charge in [-0.25, -0.2) is 4.39 Å². The molecule has 0 saturated carbocycles. The molecule has 2 N–H and O–H groups in total. The van der Waals surface area contributed by atoms with Crippen molar-refractivity contribution in [2.24, 2.45) is 0 Å². The molecule has 1 amide bonds. The molecule has 1 atom stereocenters. The maximum Gasteiger partial charge on any atom is 0.307 e. The largest absolute Gasteiger partial charge is 0.499 e. The molecule has 8 heteroatoms. The van der Waals surface area contributed by atoms with E-state index in [9.17, 15) is 24.2 Å². The fraction of sp³-hybridized carbons (Fsp3) is 0.294. The third-order valence-corrected chi connectivity index (χ3v) is 5.19. The molecule has 2 aliphatic rings. The van der Waals surface area contributed by atoms with E-state index in [2.05, 4.69) is 0 Å². The number of carboxylic acid groups (broad SMARTS) is 1. The second kappa shape index (κ2) is 6.36. The lowest BCUT2D eigenvalue weighted by atomic mass is 9.92. The summed E-state index contributed by atoms with van der Waals surface area (Å²) in [7, 11) is 1.34. The second-order valence-electron chi connectivity index (χ2n) is 5.70. The fourth-order valence-corrected chi connectivity index (χ4v) is 3.93. The van der Waals surface area contributed by atoms with Crippen LogP contribution in [0, 0.1) is 0 Å². The molecule has 0 aromatic carbocycles. The number of allylic oxidation sites excluding steroid dienone is 2. The van der Waals surface area contributed by atoms with Gasteiger partial charge in [-0.15, -0.1) is 0 Å². The van der Waals surface area contributed by atoms with E-state index >= 15 is 0 Å². The second-order valence-corrected chi connectivity index (χ2v) is 6.76. The third kappa shape index (κ3) is 2.82. The quantitative estimate of drug-likeness (QED) is 0.856. The molecule has 0 saturated heterocycles. The van der Waals surface area contributed by atoms with Crippen LogP contribution in [-0.4, -0.2) is 40.1 Å². The Morgan fingerprint density at radius 2 is 2.16 bits per heavy atom. The average Bonchev–Trinajstić information content (AvgIpc) is 3.10. The highest BCUT2D eigenvalue weighted by molar-refractivity contribution is 7.15. The van der Waals surface area contributed by atoms with Crippen molar-refractivity contribution in [1.82, 2.24) is 4.90 Å². The van der Waals surface area contributed by atoms with Crippen molar-refractivity contribution in [1.29, 1.82) is 0 Å². The maximum atomic E-state index is 14.8. The number of amides is 1. The minimum Gasteiger partial charge on any atom is -0.499 e. The Hall–Kier alpha value is -2.61. The molecule has 25 heavy (non-hydrogen) atoms. The van der Waals surface area contributed by atoms with Crippen LogP contribution in [0.3, 0.4) is 0 Å². The van der Waals surface area contributed by atoms with Gasteiger partial charge < -0.3 is 19.8 Å². The highest BCUT2D eigenvalue weighted by Gasteiger charge is 2.43. The number of fused-ring (bicyclic) bond motifs is 1. The number of rotatable bonds is 4. The normalized spacial score (nSPS) is 19.9. The van der Waals surface area contributed by atoms with Crippen LogP contribution in [0.15, 0.2) is 46.6 Å². The first-order chi connectivity index (χ1) is 11.8. The molecule has 0 spiro atoms. The Bertz CT molecular complexity index is 851. The van der Waals surface area contributed by atoms with Crippen molar-refractivity contribution < 1.29 is 28.9 Å². The SMILES string of the molecule is COC1=CCC2C(=C1F)C(CC(=O)O)=C(C)N2C(=O)c1ccc(O)s1. The summed E-state index contributed by atoms with van der Waals surface area (Å²) in [5.41, 5.74) is 0.876. The highest BCUT2D eigenvalue weighted by Crippen LogP contribution is 2.44. The zero-order valence-electron chi connectivity index (χ0n) is 13.6. The van der Waals surface area contributed by atoms with Crippen LogP contribution in [0.4, 0.5) is 4.39 Å². The Morgan fingerprint density at radius 1 is 1.44 bits per heavy atom. The molecule has 2 heterocycles. The number of carbonyl (C=O) groups excluding carboxylic acids is 1. The molecule has 1 aromatic heterocycles.